The Morgan fingerprint density at radius 3 is 2.75 bits per heavy atom. The van der Waals surface area contributed by atoms with Crippen LogP contribution < -0.4 is 5.73 Å². The number of methoxy groups -OCH3 is 1. The van der Waals surface area contributed by atoms with Gasteiger partial charge in [0.2, 0.25) is 0 Å². The number of benzene rings is 1. The van der Waals surface area contributed by atoms with Crippen LogP contribution in [-0.2, 0) is 4.74 Å². The molecule has 0 aliphatic heterocycles. The summed E-state index contributed by atoms with van der Waals surface area (Å²) in [6.45, 7) is 6.00. The van der Waals surface area contributed by atoms with E-state index in [1.807, 2.05) is 37.3 Å². The minimum absolute atomic E-state index is 0.188. The molecule has 1 unspecified atom stereocenters. The molecule has 0 saturated heterocycles. The lowest BCUT2D eigenvalue weighted by atomic mass is 10.0. The molecule has 0 spiro atoms. The molecule has 1 aromatic carbocycles. The summed E-state index contributed by atoms with van der Waals surface area (Å²) in [6.07, 6.45) is 2.81. The molecular formula is C19H23N3O2. The SMILES string of the molecule is CCC(C)N=C(/C=C(\C)N)c1cccc2nc(C(=O)OC)ccc12. The summed E-state index contributed by atoms with van der Waals surface area (Å²) in [7, 11) is 1.34. The summed E-state index contributed by atoms with van der Waals surface area (Å²) in [5, 5.41) is 0.921. The third kappa shape index (κ3) is 3.98. The summed E-state index contributed by atoms with van der Waals surface area (Å²) in [4.78, 5) is 20.8. The number of pyridine rings is 1. The molecule has 2 rings (SSSR count). The van der Waals surface area contributed by atoms with E-state index in [2.05, 4.69) is 18.8 Å². The molecule has 5 heteroatoms. The van der Waals surface area contributed by atoms with Crippen LogP contribution >= 0.6 is 0 Å². The molecule has 0 fully saturated rings. The molecule has 0 bridgehead atoms. The van der Waals surface area contributed by atoms with Gasteiger partial charge in [-0.2, -0.15) is 0 Å². The second kappa shape index (κ2) is 7.73. The number of fused-ring (bicyclic) bond motifs is 1. The van der Waals surface area contributed by atoms with Crippen molar-refractivity contribution in [3.63, 3.8) is 0 Å². The van der Waals surface area contributed by atoms with Gasteiger partial charge in [-0.25, -0.2) is 9.78 Å². The highest BCUT2D eigenvalue weighted by atomic mass is 16.5. The Kier molecular flexibility index (Phi) is 5.68. The summed E-state index contributed by atoms with van der Waals surface area (Å²) in [5.74, 6) is -0.450. The number of ether oxygens (including phenoxy) is 1. The molecule has 0 aliphatic carbocycles. The van der Waals surface area contributed by atoms with Crippen LogP contribution in [0.4, 0.5) is 0 Å². The molecule has 2 aromatic rings. The topological polar surface area (TPSA) is 77.6 Å². The van der Waals surface area contributed by atoms with Crippen LogP contribution in [0.1, 0.15) is 43.2 Å². The standard InChI is InChI=1S/C19H23N3O2/c1-5-13(3)21-18(11-12(2)20)14-7-6-8-16-15(14)9-10-17(22-16)19(23)24-4/h6-11,13H,5,20H2,1-4H3/b12-11+,21-18?. The van der Waals surface area contributed by atoms with Gasteiger partial charge in [-0.15, -0.1) is 0 Å². The monoisotopic (exact) mass is 325 g/mol. The first-order chi connectivity index (χ1) is 11.5. The maximum absolute atomic E-state index is 11.7. The van der Waals surface area contributed by atoms with Gasteiger partial charge in [-0.3, -0.25) is 4.99 Å². The minimum Gasteiger partial charge on any atom is -0.464 e. The molecule has 0 amide bonds. The molecule has 24 heavy (non-hydrogen) atoms. The fourth-order valence-electron chi connectivity index (χ4n) is 2.33. The number of rotatable bonds is 5. The average Bonchev–Trinajstić information content (AvgIpc) is 2.58. The van der Waals surface area contributed by atoms with Gasteiger partial charge >= 0.3 is 5.97 Å². The van der Waals surface area contributed by atoms with Crippen LogP contribution in [0.5, 0.6) is 0 Å². The predicted octanol–water partition coefficient (Wildman–Crippen LogP) is 3.47. The molecule has 1 aromatic heterocycles. The van der Waals surface area contributed by atoms with Crippen LogP contribution in [0.3, 0.4) is 0 Å². The van der Waals surface area contributed by atoms with E-state index in [9.17, 15) is 4.79 Å². The third-order valence-electron chi connectivity index (χ3n) is 3.72. The Hall–Kier alpha value is -2.69. The first kappa shape index (κ1) is 17.7. The van der Waals surface area contributed by atoms with Crippen molar-refractivity contribution < 1.29 is 9.53 Å². The van der Waals surface area contributed by atoms with E-state index in [4.69, 9.17) is 15.5 Å². The lowest BCUT2D eigenvalue weighted by Gasteiger charge is -2.11. The lowest BCUT2D eigenvalue weighted by molar-refractivity contribution is 0.0594. The van der Waals surface area contributed by atoms with Crippen molar-refractivity contribution in [2.24, 2.45) is 10.7 Å². The summed E-state index contributed by atoms with van der Waals surface area (Å²) in [5.41, 5.74) is 9.34. The average molecular weight is 325 g/mol. The molecular weight excluding hydrogens is 302 g/mol. The van der Waals surface area contributed by atoms with Gasteiger partial charge in [0.05, 0.1) is 18.3 Å². The van der Waals surface area contributed by atoms with Crippen molar-refractivity contribution in [3.8, 4) is 0 Å². The first-order valence-electron chi connectivity index (χ1n) is 7.96. The molecule has 126 valence electrons. The van der Waals surface area contributed by atoms with Crippen molar-refractivity contribution in [2.75, 3.05) is 7.11 Å². The largest absolute Gasteiger partial charge is 0.464 e. The Morgan fingerprint density at radius 2 is 2.12 bits per heavy atom. The number of aliphatic imine (C=N–C) groups is 1. The van der Waals surface area contributed by atoms with Crippen LogP contribution in [0, 0.1) is 0 Å². The Labute approximate surface area is 142 Å². The first-order valence-corrected chi connectivity index (χ1v) is 7.96. The zero-order valence-corrected chi connectivity index (χ0v) is 14.5. The highest BCUT2D eigenvalue weighted by molar-refractivity contribution is 6.16. The van der Waals surface area contributed by atoms with Crippen LogP contribution in [0.15, 0.2) is 47.1 Å². The molecule has 0 aliphatic rings. The smallest absolute Gasteiger partial charge is 0.356 e. The summed E-state index contributed by atoms with van der Waals surface area (Å²) < 4.78 is 4.73. The van der Waals surface area contributed by atoms with Crippen molar-refractivity contribution in [3.05, 3.63) is 53.4 Å². The van der Waals surface area contributed by atoms with Gasteiger partial charge in [0.15, 0.2) is 0 Å². The maximum Gasteiger partial charge on any atom is 0.356 e. The van der Waals surface area contributed by atoms with Crippen molar-refractivity contribution in [1.82, 2.24) is 4.98 Å². The highest BCUT2D eigenvalue weighted by Gasteiger charge is 2.12. The number of aromatic nitrogens is 1. The number of nitrogens with two attached hydrogens (primary N) is 1. The number of nitrogens with zero attached hydrogens (tertiary/aromatic N) is 2. The van der Waals surface area contributed by atoms with Gasteiger partial charge in [0.25, 0.3) is 0 Å². The quantitative estimate of drug-likeness (QED) is 0.674. The third-order valence-corrected chi connectivity index (χ3v) is 3.72. The molecule has 0 radical (unpaired) electrons. The van der Waals surface area contributed by atoms with E-state index in [0.29, 0.717) is 5.70 Å². The lowest BCUT2D eigenvalue weighted by Crippen LogP contribution is -2.08. The van der Waals surface area contributed by atoms with E-state index >= 15 is 0 Å². The Bertz CT molecular complexity index is 805. The molecule has 5 nitrogen and oxygen atoms in total. The zero-order valence-electron chi connectivity index (χ0n) is 14.5. The van der Waals surface area contributed by atoms with E-state index in [-0.39, 0.29) is 11.7 Å². The highest BCUT2D eigenvalue weighted by Crippen LogP contribution is 2.20. The number of esters is 1. The number of allylic oxidation sites excluding steroid dienone is 2. The molecule has 1 heterocycles. The number of hydrogen-bond acceptors (Lipinski definition) is 5. The maximum atomic E-state index is 11.7. The van der Waals surface area contributed by atoms with E-state index < -0.39 is 5.97 Å². The number of hydrogen-bond donors (Lipinski definition) is 1. The van der Waals surface area contributed by atoms with Crippen molar-refractivity contribution in [2.45, 2.75) is 33.2 Å². The van der Waals surface area contributed by atoms with Gasteiger partial charge in [-0.1, -0.05) is 19.1 Å². The number of carbonyl (C=O) groups is 1. The second-order valence-corrected chi connectivity index (χ2v) is 5.72. The van der Waals surface area contributed by atoms with Crippen molar-refractivity contribution >= 4 is 22.6 Å². The van der Waals surface area contributed by atoms with E-state index in [1.54, 1.807) is 6.07 Å². The van der Waals surface area contributed by atoms with Crippen LogP contribution in [0.2, 0.25) is 0 Å². The second-order valence-electron chi connectivity index (χ2n) is 5.72. The summed E-state index contributed by atoms with van der Waals surface area (Å²) in [6, 6.07) is 9.48. The molecule has 0 saturated carbocycles. The van der Waals surface area contributed by atoms with Gasteiger partial charge in [-0.05, 0) is 44.5 Å². The van der Waals surface area contributed by atoms with Gasteiger partial charge in [0, 0.05) is 22.7 Å². The zero-order chi connectivity index (χ0) is 17.7. The van der Waals surface area contributed by atoms with Gasteiger partial charge < -0.3 is 10.5 Å². The van der Waals surface area contributed by atoms with E-state index in [1.165, 1.54) is 7.11 Å². The Balaban J connectivity index is 2.63. The fraction of sp³-hybridized carbons (Fsp3) is 0.316. The van der Waals surface area contributed by atoms with E-state index in [0.717, 1.165) is 28.6 Å². The molecule has 2 N–H and O–H groups in total. The molecule has 1 atom stereocenters. The van der Waals surface area contributed by atoms with Crippen LogP contribution in [-0.4, -0.2) is 29.8 Å². The normalized spacial score (nSPS) is 13.8. The van der Waals surface area contributed by atoms with Crippen LogP contribution in [0.25, 0.3) is 10.9 Å². The fourth-order valence-corrected chi connectivity index (χ4v) is 2.33. The number of carbonyl (C=O) groups excluding carboxylic acids is 1. The van der Waals surface area contributed by atoms with Crippen molar-refractivity contribution in [1.29, 1.82) is 0 Å². The summed E-state index contributed by atoms with van der Waals surface area (Å²) >= 11 is 0. The predicted molar refractivity (Wildman–Crippen MR) is 97.3 cm³/mol. The van der Waals surface area contributed by atoms with Gasteiger partial charge in [0.1, 0.15) is 5.69 Å². The Morgan fingerprint density at radius 1 is 1.38 bits per heavy atom. The minimum atomic E-state index is -0.450.